The highest BCUT2D eigenvalue weighted by Crippen LogP contribution is 2.39. The van der Waals surface area contributed by atoms with Crippen molar-refractivity contribution in [1.29, 1.82) is 0 Å². The first-order chi connectivity index (χ1) is 6.47. The van der Waals surface area contributed by atoms with E-state index in [1.807, 2.05) is 0 Å². The lowest BCUT2D eigenvalue weighted by Crippen LogP contribution is -2.49. The molecule has 3 N–H and O–H groups in total. The Labute approximate surface area is 88.6 Å². The van der Waals surface area contributed by atoms with Crippen molar-refractivity contribution in [2.24, 2.45) is 11.1 Å². The minimum atomic E-state index is -0.0190. The van der Waals surface area contributed by atoms with Gasteiger partial charge in [0.05, 0.1) is 0 Å². The van der Waals surface area contributed by atoms with Gasteiger partial charge in [0.15, 0.2) is 0 Å². The van der Waals surface area contributed by atoms with Gasteiger partial charge in [0, 0.05) is 18.6 Å². The van der Waals surface area contributed by atoms with Crippen molar-refractivity contribution in [3.63, 3.8) is 0 Å². The molecule has 14 heavy (non-hydrogen) atoms. The molecule has 1 aliphatic rings. The molecular weight excluding hydrogens is 172 g/mol. The Morgan fingerprint density at radius 2 is 2.07 bits per heavy atom. The monoisotopic (exact) mass is 198 g/mol. The number of hydrogen-bond acceptors (Lipinski definition) is 2. The van der Waals surface area contributed by atoms with E-state index in [-0.39, 0.29) is 5.54 Å². The van der Waals surface area contributed by atoms with Crippen LogP contribution in [-0.4, -0.2) is 18.6 Å². The molecule has 2 nitrogen and oxygen atoms in total. The van der Waals surface area contributed by atoms with Gasteiger partial charge in [-0.1, -0.05) is 26.7 Å². The van der Waals surface area contributed by atoms with E-state index in [0.29, 0.717) is 5.41 Å². The normalized spacial score (nSPS) is 24.0. The predicted molar refractivity (Wildman–Crippen MR) is 62.3 cm³/mol. The molecule has 0 heterocycles. The third kappa shape index (κ3) is 3.58. The van der Waals surface area contributed by atoms with Gasteiger partial charge < -0.3 is 11.1 Å². The molecule has 0 saturated heterocycles. The van der Waals surface area contributed by atoms with Crippen LogP contribution in [-0.2, 0) is 0 Å². The highest BCUT2D eigenvalue weighted by atomic mass is 14.9. The highest BCUT2D eigenvalue weighted by molar-refractivity contribution is 4.87. The molecule has 1 saturated carbocycles. The van der Waals surface area contributed by atoms with Gasteiger partial charge in [0.25, 0.3) is 0 Å². The van der Waals surface area contributed by atoms with Crippen LogP contribution in [0.15, 0.2) is 0 Å². The summed E-state index contributed by atoms with van der Waals surface area (Å²) in [6.07, 6.45) is 6.46. The van der Waals surface area contributed by atoms with Gasteiger partial charge in [-0.2, -0.15) is 0 Å². The molecule has 0 amide bonds. The molecule has 0 radical (unpaired) electrons. The quantitative estimate of drug-likeness (QED) is 0.687. The van der Waals surface area contributed by atoms with Crippen LogP contribution in [0.5, 0.6) is 0 Å². The molecule has 0 aromatic carbocycles. The zero-order valence-corrected chi connectivity index (χ0v) is 10.0. The Kier molecular flexibility index (Phi) is 3.96. The molecule has 1 fully saturated rings. The third-order valence-electron chi connectivity index (χ3n) is 3.46. The minimum Gasteiger partial charge on any atom is -0.324 e. The Bertz CT molecular complexity index is 171. The Morgan fingerprint density at radius 1 is 1.43 bits per heavy atom. The standard InChI is InChI=1S/C12H26N2/c1-4-6-12(3,13)10-14-9-11(2)7-5-8-11/h14H,4-10,13H2,1-3H3. The van der Waals surface area contributed by atoms with Gasteiger partial charge in [0.1, 0.15) is 0 Å². The number of hydrogen-bond donors (Lipinski definition) is 2. The molecule has 0 spiro atoms. The summed E-state index contributed by atoms with van der Waals surface area (Å²) >= 11 is 0. The van der Waals surface area contributed by atoms with Crippen molar-refractivity contribution in [1.82, 2.24) is 5.32 Å². The molecule has 0 bridgehead atoms. The summed E-state index contributed by atoms with van der Waals surface area (Å²) in [5.41, 5.74) is 6.71. The lowest BCUT2D eigenvalue weighted by molar-refractivity contribution is 0.153. The Balaban J connectivity index is 2.13. The molecular formula is C12H26N2. The molecule has 1 aliphatic carbocycles. The first kappa shape index (κ1) is 12.0. The van der Waals surface area contributed by atoms with Crippen molar-refractivity contribution < 1.29 is 0 Å². The Hall–Kier alpha value is -0.0800. The van der Waals surface area contributed by atoms with Crippen LogP contribution in [0.3, 0.4) is 0 Å². The molecule has 0 aromatic heterocycles. The fraction of sp³-hybridized carbons (Fsp3) is 1.00. The largest absolute Gasteiger partial charge is 0.324 e. The fourth-order valence-electron chi connectivity index (χ4n) is 2.27. The van der Waals surface area contributed by atoms with Crippen LogP contribution in [0.2, 0.25) is 0 Å². The molecule has 0 aliphatic heterocycles. The zero-order valence-electron chi connectivity index (χ0n) is 10.0. The summed E-state index contributed by atoms with van der Waals surface area (Å²) in [6, 6.07) is 0. The number of rotatable bonds is 6. The lowest BCUT2D eigenvalue weighted by atomic mass is 9.70. The first-order valence-electron chi connectivity index (χ1n) is 5.97. The fourth-order valence-corrected chi connectivity index (χ4v) is 2.27. The summed E-state index contributed by atoms with van der Waals surface area (Å²) in [4.78, 5) is 0. The van der Waals surface area contributed by atoms with Crippen LogP contribution in [0, 0.1) is 5.41 Å². The topological polar surface area (TPSA) is 38.0 Å². The lowest BCUT2D eigenvalue weighted by Gasteiger charge is -2.39. The van der Waals surface area contributed by atoms with Crippen molar-refractivity contribution in [3.05, 3.63) is 0 Å². The summed E-state index contributed by atoms with van der Waals surface area (Å²) in [5.74, 6) is 0. The predicted octanol–water partition coefficient (Wildman–Crippen LogP) is 2.28. The molecule has 1 unspecified atom stereocenters. The van der Waals surface area contributed by atoms with Gasteiger partial charge >= 0.3 is 0 Å². The summed E-state index contributed by atoms with van der Waals surface area (Å²) < 4.78 is 0. The summed E-state index contributed by atoms with van der Waals surface area (Å²) in [7, 11) is 0. The van der Waals surface area contributed by atoms with E-state index in [2.05, 4.69) is 26.1 Å². The maximum Gasteiger partial charge on any atom is 0.0252 e. The molecule has 2 heteroatoms. The van der Waals surface area contributed by atoms with E-state index >= 15 is 0 Å². The second-order valence-corrected chi connectivity index (χ2v) is 5.67. The number of nitrogens with one attached hydrogen (secondary N) is 1. The van der Waals surface area contributed by atoms with Gasteiger partial charge in [-0.3, -0.25) is 0 Å². The smallest absolute Gasteiger partial charge is 0.0252 e. The van der Waals surface area contributed by atoms with Crippen LogP contribution < -0.4 is 11.1 Å². The number of nitrogens with two attached hydrogens (primary N) is 1. The maximum atomic E-state index is 6.15. The van der Waals surface area contributed by atoms with Gasteiger partial charge in [0.2, 0.25) is 0 Å². The average Bonchev–Trinajstić information content (AvgIpc) is 2.00. The van der Waals surface area contributed by atoms with Gasteiger partial charge in [-0.05, 0) is 31.6 Å². The minimum absolute atomic E-state index is 0.0190. The van der Waals surface area contributed by atoms with E-state index in [4.69, 9.17) is 5.73 Å². The average molecular weight is 198 g/mol. The second-order valence-electron chi connectivity index (χ2n) is 5.67. The van der Waals surface area contributed by atoms with Crippen molar-refractivity contribution in [2.45, 2.75) is 58.4 Å². The zero-order chi connectivity index (χ0) is 10.7. The third-order valence-corrected chi connectivity index (χ3v) is 3.46. The highest BCUT2D eigenvalue weighted by Gasteiger charge is 2.31. The molecule has 1 atom stereocenters. The molecule has 0 aromatic rings. The van der Waals surface area contributed by atoms with Gasteiger partial charge in [-0.15, -0.1) is 0 Å². The van der Waals surface area contributed by atoms with Crippen LogP contribution in [0.25, 0.3) is 0 Å². The summed E-state index contributed by atoms with van der Waals surface area (Å²) in [5, 5.41) is 3.53. The van der Waals surface area contributed by atoms with E-state index < -0.39 is 0 Å². The van der Waals surface area contributed by atoms with E-state index in [0.717, 1.165) is 19.5 Å². The van der Waals surface area contributed by atoms with Crippen LogP contribution in [0.1, 0.15) is 52.9 Å². The van der Waals surface area contributed by atoms with Crippen molar-refractivity contribution >= 4 is 0 Å². The van der Waals surface area contributed by atoms with E-state index in [9.17, 15) is 0 Å². The first-order valence-corrected chi connectivity index (χ1v) is 5.97. The maximum absolute atomic E-state index is 6.15. The van der Waals surface area contributed by atoms with Crippen LogP contribution in [0.4, 0.5) is 0 Å². The van der Waals surface area contributed by atoms with Crippen molar-refractivity contribution in [3.8, 4) is 0 Å². The van der Waals surface area contributed by atoms with Crippen LogP contribution >= 0.6 is 0 Å². The molecule has 84 valence electrons. The molecule has 1 rings (SSSR count). The van der Waals surface area contributed by atoms with Gasteiger partial charge in [-0.25, -0.2) is 0 Å². The van der Waals surface area contributed by atoms with Crippen molar-refractivity contribution in [2.75, 3.05) is 13.1 Å². The van der Waals surface area contributed by atoms with E-state index in [1.54, 1.807) is 0 Å². The van der Waals surface area contributed by atoms with E-state index in [1.165, 1.54) is 25.7 Å². The second kappa shape index (κ2) is 4.63. The summed E-state index contributed by atoms with van der Waals surface area (Å²) in [6.45, 7) is 8.81. The SMILES string of the molecule is CCCC(C)(N)CNCC1(C)CCC1. The Morgan fingerprint density at radius 3 is 2.50 bits per heavy atom.